The summed E-state index contributed by atoms with van der Waals surface area (Å²) in [4.78, 5) is 21.4. The molecule has 3 aromatic rings. The number of halogens is 2. The predicted molar refractivity (Wildman–Crippen MR) is 106 cm³/mol. The molecule has 4 rings (SSSR count). The Balaban J connectivity index is 1.52. The van der Waals surface area contributed by atoms with Gasteiger partial charge in [0.2, 0.25) is 0 Å². The zero-order chi connectivity index (χ0) is 19.7. The largest absolute Gasteiger partial charge is 0.353 e. The standard InChI is InChI=1S/C20H19ClFN5O/c1-14-18(19(21)27(24-14)16-7-5-15(22)6-8-16)20(28)26-12-10-25(11-13-26)17-4-2-3-9-23-17/h2-9H,10-13H2,1H3. The van der Waals surface area contributed by atoms with Gasteiger partial charge in [0, 0.05) is 32.4 Å². The van der Waals surface area contributed by atoms with E-state index in [-0.39, 0.29) is 16.9 Å². The van der Waals surface area contributed by atoms with Gasteiger partial charge in [-0.25, -0.2) is 14.1 Å². The van der Waals surface area contributed by atoms with Crippen LogP contribution in [0.5, 0.6) is 0 Å². The summed E-state index contributed by atoms with van der Waals surface area (Å²) in [5, 5.41) is 4.62. The second kappa shape index (κ2) is 7.59. The number of piperazine rings is 1. The summed E-state index contributed by atoms with van der Waals surface area (Å²) < 4.78 is 14.6. The van der Waals surface area contributed by atoms with Crippen molar-refractivity contribution in [1.82, 2.24) is 19.7 Å². The lowest BCUT2D eigenvalue weighted by Gasteiger charge is -2.35. The highest BCUT2D eigenvalue weighted by Gasteiger charge is 2.28. The van der Waals surface area contributed by atoms with Crippen molar-refractivity contribution in [3.63, 3.8) is 0 Å². The van der Waals surface area contributed by atoms with Crippen molar-refractivity contribution in [3.05, 3.63) is 70.9 Å². The van der Waals surface area contributed by atoms with Crippen molar-refractivity contribution in [3.8, 4) is 5.69 Å². The molecule has 0 spiro atoms. The summed E-state index contributed by atoms with van der Waals surface area (Å²) in [7, 11) is 0. The first-order valence-electron chi connectivity index (χ1n) is 9.01. The van der Waals surface area contributed by atoms with Gasteiger partial charge in [-0.2, -0.15) is 5.10 Å². The summed E-state index contributed by atoms with van der Waals surface area (Å²) in [5.74, 6) is 0.426. The highest BCUT2D eigenvalue weighted by molar-refractivity contribution is 6.33. The van der Waals surface area contributed by atoms with E-state index >= 15 is 0 Å². The van der Waals surface area contributed by atoms with Crippen LogP contribution in [0.2, 0.25) is 5.15 Å². The van der Waals surface area contributed by atoms with Crippen LogP contribution >= 0.6 is 11.6 Å². The Bertz CT molecular complexity index is 982. The predicted octanol–water partition coefficient (Wildman–Crippen LogP) is 3.33. The molecule has 1 aliphatic heterocycles. The fourth-order valence-corrected chi connectivity index (χ4v) is 3.69. The van der Waals surface area contributed by atoms with Crippen LogP contribution in [-0.2, 0) is 0 Å². The van der Waals surface area contributed by atoms with Gasteiger partial charge in [0.1, 0.15) is 16.8 Å². The molecule has 0 aliphatic carbocycles. The van der Waals surface area contributed by atoms with Crippen LogP contribution in [0.25, 0.3) is 5.69 Å². The number of amides is 1. The van der Waals surface area contributed by atoms with Gasteiger partial charge >= 0.3 is 0 Å². The number of carbonyl (C=O) groups excluding carboxylic acids is 1. The molecule has 0 saturated carbocycles. The summed E-state index contributed by atoms with van der Waals surface area (Å²) in [5.41, 5.74) is 1.54. The fourth-order valence-electron chi connectivity index (χ4n) is 3.33. The molecule has 0 unspecified atom stereocenters. The van der Waals surface area contributed by atoms with Crippen molar-refractivity contribution < 1.29 is 9.18 Å². The van der Waals surface area contributed by atoms with E-state index in [2.05, 4.69) is 15.0 Å². The molecular weight excluding hydrogens is 381 g/mol. The number of hydrogen-bond acceptors (Lipinski definition) is 4. The first-order chi connectivity index (χ1) is 13.5. The van der Waals surface area contributed by atoms with Crippen molar-refractivity contribution >= 4 is 23.3 Å². The molecule has 2 aromatic heterocycles. The van der Waals surface area contributed by atoms with E-state index in [1.807, 2.05) is 18.2 Å². The zero-order valence-corrected chi connectivity index (χ0v) is 16.1. The van der Waals surface area contributed by atoms with Gasteiger partial charge in [0.25, 0.3) is 5.91 Å². The third-order valence-corrected chi connectivity index (χ3v) is 5.18. The van der Waals surface area contributed by atoms with E-state index in [0.29, 0.717) is 43.1 Å². The molecule has 6 nitrogen and oxygen atoms in total. The number of nitrogens with zero attached hydrogens (tertiary/aromatic N) is 5. The van der Waals surface area contributed by atoms with Crippen LogP contribution in [-0.4, -0.2) is 51.8 Å². The van der Waals surface area contributed by atoms with Crippen LogP contribution < -0.4 is 4.90 Å². The molecule has 1 aliphatic rings. The van der Waals surface area contributed by atoms with Gasteiger partial charge < -0.3 is 9.80 Å². The van der Waals surface area contributed by atoms with Crippen LogP contribution in [0.4, 0.5) is 10.2 Å². The van der Waals surface area contributed by atoms with Crippen LogP contribution in [0.3, 0.4) is 0 Å². The molecule has 0 N–H and O–H groups in total. The quantitative estimate of drug-likeness (QED) is 0.678. The maximum atomic E-state index is 13.2. The zero-order valence-electron chi connectivity index (χ0n) is 15.3. The highest BCUT2D eigenvalue weighted by atomic mass is 35.5. The van der Waals surface area contributed by atoms with Gasteiger partial charge in [0.05, 0.1) is 16.9 Å². The van der Waals surface area contributed by atoms with Gasteiger partial charge in [-0.15, -0.1) is 0 Å². The average molecular weight is 400 g/mol. The Morgan fingerprint density at radius 2 is 1.79 bits per heavy atom. The maximum Gasteiger partial charge on any atom is 0.259 e. The van der Waals surface area contributed by atoms with Crippen molar-refractivity contribution in [2.24, 2.45) is 0 Å². The Morgan fingerprint density at radius 1 is 1.07 bits per heavy atom. The summed E-state index contributed by atoms with van der Waals surface area (Å²) in [6.45, 7) is 4.31. The molecule has 1 fully saturated rings. The van der Waals surface area contributed by atoms with Gasteiger partial charge in [0.15, 0.2) is 0 Å². The molecular formula is C20H19ClFN5O. The molecule has 1 amide bonds. The monoisotopic (exact) mass is 399 g/mol. The lowest BCUT2D eigenvalue weighted by atomic mass is 10.2. The third kappa shape index (κ3) is 3.45. The number of benzene rings is 1. The van der Waals surface area contributed by atoms with Gasteiger partial charge in [-0.1, -0.05) is 17.7 Å². The minimum Gasteiger partial charge on any atom is -0.353 e. The fraction of sp³-hybridized carbons (Fsp3) is 0.250. The number of carbonyl (C=O) groups is 1. The normalized spacial score (nSPS) is 14.4. The molecule has 0 radical (unpaired) electrons. The van der Waals surface area contributed by atoms with Gasteiger partial charge in [-0.3, -0.25) is 4.79 Å². The van der Waals surface area contributed by atoms with Crippen LogP contribution in [0, 0.1) is 12.7 Å². The van der Waals surface area contributed by atoms with E-state index in [1.54, 1.807) is 30.2 Å². The maximum absolute atomic E-state index is 13.2. The second-order valence-corrected chi connectivity index (χ2v) is 6.96. The number of rotatable bonds is 3. The molecule has 28 heavy (non-hydrogen) atoms. The Labute approximate surface area is 167 Å². The van der Waals surface area contributed by atoms with E-state index in [1.165, 1.54) is 16.8 Å². The number of aromatic nitrogens is 3. The smallest absolute Gasteiger partial charge is 0.259 e. The molecule has 1 aromatic carbocycles. The van der Waals surface area contributed by atoms with Crippen LogP contribution in [0.1, 0.15) is 16.1 Å². The lowest BCUT2D eigenvalue weighted by molar-refractivity contribution is 0.0746. The summed E-state index contributed by atoms with van der Waals surface area (Å²) >= 11 is 6.48. The number of anilines is 1. The van der Waals surface area contributed by atoms with Crippen molar-refractivity contribution in [2.45, 2.75) is 6.92 Å². The van der Waals surface area contributed by atoms with Gasteiger partial charge in [-0.05, 0) is 43.3 Å². The first kappa shape index (κ1) is 18.4. The number of hydrogen-bond donors (Lipinski definition) is 0. The highest BCUT2D eigenvalue weighted by Crippen LogP contribution is 2.26. The van der Waals surface area contributed by atoms with E-state index in [4.69, 9.17) is 11.6 Å². The molecule has 1 saturated heterocycles. The van der Waals surface area contributed by atoms with E-state index in [0.717, 1.165) is 5.82 Å². The Morgan fingerprint density at radius 3 is 2.43 bits per heavy atom. The SMILES string of the molecule is Cc1nn(-c2ccc(F)cc2)c(Cl)c1C(=O)N1CCN(c2ccccn2)CC1. The van der Waals surface area contributed by atoms with Crippen LogP contribution in [0.15, 0.2) is 48.7 Å². The lowest BCUT2D eigenvalue weighted by Crippen LogP contribution is -2.49. The second-order valence-electron chi connectivity index (χ2n) is 6.61. The Kier molecular flexibility index (Phi) is 5.00. The third-order valence-electron chi connectivity index (χ3n) is 4.83. The van der Waals surface area contributed by atoms with Crippen molar-refractivity contribution in [2.75, 3.05) is 31.1 Å². The molecule has 144 valence electrons. The molecule has 0 atom stereocenters. The Hall–Kier alpha value is -2.93. The minimum absolute atomic E-state index is 0.142. The summed E-state index contributed by atoms with van der Waals surface area (Å²) in [6, 6.07) is 11.6. The van der Waals surface area contributed by atoms with E-state index in [9.17, 15) is 9.18 Å². The average Bonchev–Trinajstić information content (AvgIpc) is 3.03. The molecule has 3 heterocycles. The van der Waals surface area contributed by atoms with E-state index < -0.39 is 0 Å². The number of pyridine rings is 1. The first-order valence-corrected chi connectivity index (χ1v) is 9.38. The topological polar surface area (TPSA) is 54.3 Å². The molecule has 8 heteroatoms. The summed E-state index contributed by atoms with van der Waals surface area (Å²) in [6.07, 6.45) is 1.76. The van der Waals surface area contributed by atoms with Crippen molar-refractivity contribution in [1.29, 1.82) is 0 Å². The minimum atomic E-state index is -0.342. The number of aryl methyl sites for hydroxylation is 1. The molecule has 0 bridgehead atoms.